The average molecular weight is 357 g/mol. The lowest BCUT2D eigenvalue weighted by Crippen LogP contribution is -2.55. The molecular formula is C23H32O3. The smallest absolute Gasteiger partial charge is 0.303 e. The number of rotatable bonds is 1. The number of carbonyl (C=O) groups excluding carboxylic acids is 2. The highest BCUT2D eigenvalue weighted by Gasteiger charge is 2.64. The fourth-order valence-corrected chi connectivity index (χ4v) is 7.31. The van der Waals surface area contributed by atoms with Gasteiger partial charge in [-0.05, 0) is 86.7 Å². The molecule has 0 aliphatic heterocycles. The van der Waals surface area contributed by atoms with Gasteiger partial charge in [-0.1, -0.05) is 26.0 Å². The predicted octanol–water partition coefficient (Wildman–Crippen LogP) is 5.01. The SMILES string of the molecule is C=C1C[C@@]2(C)C(=CC1=O)CC[C@@H]1[C@@H]2CC[C@@]2(C)[C@H]1CC[C@]2(C)OC(C)=O. The second kappa shape index (κ2) is 5.56. The van der Waals surface area contributed by atoms with Crippen molar-refractivity contribution in [1.82, 2.24) is 0 Å². The first-order chi connectivity index (χ1) is 12.1. The van der Waals surface area contributed by atoms with Gasteiger partial charge in [0.15, 0.2) is 5.78 Å². The van der Waals surface area contributed by atoms with Crippen molar-refractivity contribution in [2.75, 3.05) is 0 Å². The molecule has 3 saturated carbocycles. The molecule has 0 aromatic rings. The molecule has 0 saturated heterocycles. The first kappa shape index (κ1) is 18.0. The Labute approximate surface area is 157 Å². The van der Waals surface area contributed by atoms with Crippen molar-refractivity contribution in [3.63, 3.8) is 0 Å². The van der Waals surface area contributed by atoms with Gasteiger partial charge in [-0.25, -0.2) is 0 Å². The van der Waals surface area contributed by atoms with Crippen LogP contribution in [0.1, 0.15) is 72.6 Å². The summed E-state index contributed by atoms with van der Waals surface area (Å²) in [4.78, 5) is 23.9. The lowest BCUT2D eigenvalue weighted by Gasteiger charge is -2.59. The number of ketones is 1. The quantitative estimate of drug-likeness (QED) is 0.490. The molecule has 3 heteroatoms. The topological polar surface area (TPSA) is 43.4 Å². The number of ether oxygens (including phenoxy) is 1. The zero-order valence-electron chi connectivity index (χ0n) is 16.7. The fourth-order valence-electron chi connectivity index (χ4n) is 7.31. The average Bonchev–Trinajstić information content (AvgIpc) is 2.80. The second-order valence-corrected chi connectivity index (χ2v) is 9.97. The molecule has 0 spiro atoms. The van der Waals surface area contributed by atoms with Crippen LogP contribution >= 0.6 is 0 Å². The standard InChI is InChI=1S/C23H32O3/c1-14-13-21(3)16(12-20(14)25)6-7-17-18(21)8-10-22(4)19(17)9-11-23(22,5)26-15(2)24/h12,17-19H,1,6-11,13H2,2-5H3/t17-,18+,19+,21+,22+,23+/m1/s1. The molecule has 26 heavy (non-hydrogen) atoms. The van der Waals surface area contributed by atoms with Crippen LogP contribution < -0.4 is 0 Å². The molecule has 0 N–H and O–H groups in total. The zero-order valence-corrected chi connectivity index (χ0v) is 16.7. The molecule has 0 heterocycles. The van der Waals surface area contributed by atoms with Gasteiger partial charge in [0, 0.05) is 12.3 Å². The normalized spacial score (nSPS) is 47.5. The predicted molar refractivity (Wildman–Crippen MR) is 101 cm³/mol. The van der Waals surface area contributed by atoms with Gasteiger partial charge in [0.25, 0.3) is 0 Å². The monoisotopic (exact) mass is 356 g/mol. The Morgan fingerprint density at radius 1 is 1.15 bits per heavy atom. The van der Waals surface area contributed by atoms with Crippen LogP contribution in [0, 0.1) is 28.6 Å². The molecule has 0 aromatic carbocycles. The van der Waals surface area contributed by atoms with Crippen molar-refractivity contribution < 1.29 is 14.3 Å². The van der Waals surface area contributed by atoms with Gasteiger partial charge in [-0.15, -0.1) is 0 Å². The molecule has 4 aliphatic rings. The van der Waals surface area contributed by atoms with E-state index in [-0.39, 0.29) is 28.2 Å². The van der Waals surface area contributed by atoms with Crippen LogP contribution in [0.5, 0.6) is 0 Å². The summed E-state index contributed by atoms with van der Waals surface area (Å²) in [5.41, 5.74) is 1.97. The highest BCUT2D eigenvalue weighted by molar-refractivity contribution is 6.05. The lowest BCUT2D eigenvalue weighted by atomic mass is 9.46. The minimum Gasteiger partial charge on any atom is -0.459 e. The van der Waals surface area contributed by atoms with E-state index in [0.717, 1.165) is 44.1 Å². The second-order valence-electron chi connectivity index (χ2n) is 9.97. The van der Waals surface area contributed by atoms with Crippen LogP contribution in [0.3, 0.4) is 0 Å². The Hall–Kier alpha value is -1.38. The zero-order chi connectivity index (χ0) is 18.9. The summed E-state index contributed by atoms with van der Waals surface area (Å²) in [7, 11) is 0. The molecule has 0 aromatic heterocycles. The first-order valence-electron chi connectivity index (χ1n) is 10.2. The Balaban J connectivity index is 1.67. The van der Waals surface area contributed by atoms with Crippen molar-refractivity contribution in [2.45, 2.75) is 78.2 Å². The van der Waals surface area contributed by atoms with Gasteiger partial charge in [-0.2, -0.15) is 0 Å². The number of hydrogen-bond donors (Lipinski definition) is 0. The molecule has 4 aliphatic carbocycles. The van der Waals surface area contributed by atoms with Gasteiger partial charge in [-0.3, -0.25) is 9.59 Å². The van der Waals surface area contributed by atoms with E-state index in [9.17, 15) is 9.59 Å². The maximum absolute atomic E-state index is 12.1. The summed E-state index contributed by atoms with van der Waals surface area (Å²) in [6.45, 7) is 12.5. The number of carbonyl (C=O) groups is 2. The molecule has 142 valence electrons. The summed E-state index contributed by atoms with van der Waals surface area (Å²) in [5.74, 6) is 1.87. The van der Waals surface area contributed by atoms with Crippen LogP contribution in [0.4, 0.5) is 0 Å². The van der Waals surface area contributed by atoms with Gasteiger partial charge >= 0.3 is 5.97 Å². The summed E-state index contributed by atoms with van der Waals surface area (Å²) in [5, 5.41) is 0. The molecule has 3 fully saturated rings. The lowest BCUT2D eigenvalue weighted by molar-refractivity contribution is -0.177. The Bertz CT molecular complexity index is 719. The van der Waals surface area contributed by atoms with E-state index in [1.165, 1.54) is 18.9 Å². The van der Waals surface area contributed by atoms with Crippen LogP contribution in [0.2, 0.25) is 0 Å². The highest BCUT2D eigenvalue weighted by Crippen LogP contribution is 2.68. The summed E-state index contributed by atoms with van der Waals surface area (Å²) in [6, 6.07) is 0. The molecule has 3 nitrogen and oxygen atoms in total. The molecule has 4 rings (SSSR count). The largest absolute Gasteiger partial charge is 0.459 e. The third-order valence-electron chi connectivity index (χ3n) is 8.87. The molecule has 0 bridgehead atoms. The number of esters is 1. The van der Waals surface area contributed by atoms with Crippen LogP contribution in [-0.2, 0) is 14.3 Å². The van der Waals surface area contributed by atoms with E-state index in [1.54, 1.807) is 0 Å². The van der Waals surface area contributed by atoms with E-state index < -0.39 is 0 Å². The molecular weight excluding hydrogens is 324 g/mol. The maximum atomic E-state index is 12.1. The molecule has 0 amide bonds. The minimum atomic E-state index is -0.336. The van der Waals surface area contributed by atoms with Gasteiger partial charge < -0.3 is 4.74 Å². The van der Waals surface area contributed by atoms with Gasteiger partial charge in [0.05, 0.1) is 0 Å². The highest BCUT2D eigenvalue weighted by atomic mass is 16.6. The summed E-state index contributed by atoms with van der Waals surface area (Å²) in [6.07, 6.45) is 9.31. The van der Waals surface area contributed by atoms with Crippen LogP contribution in [-0.4, -0.2) is 17.4 Å². The maximum Gasteiger partial charge on any atom is 0.303 e. The van der Waals surface area contributed by atoms with Crippen molar-refractivity contribution in [3.05, 3.63) is 23.8 Å². The van der Waals surface area contributed by atoms with E-state index >= 15 is 0 Å². The Morgan fingerprint density at radius 3 is 2.54 bits per heavy atom. The van der Waals surface area contributed by atoms with Crippen molar-refractivity contribution in [1.29, 1.82) is 0 Å². The van der Waals surface area contributed by atoms with Crippen LogP contribution in [0.15, 0.2) is 23.8 Å². The van der Waals surface area contributed by atoms with E-state index in [0.29, 0.717) is 17.8 Å². The van der Waals surface area contributed by atoms with E-state index in [2.05, 4.69) is 27.4 Å². The van der Waals surface area contributed by atoms with Crippen molar-refractivity contribution in [2.24, 2.45) is 28.6 Å². The fraction of sp³-hybridized carbons (Fsp3) is 0.739. The number of hydrogen-bond acceptors (Lipinski definition) is 3. The Morgan fingerprint density at radius 2 is 1.85 bits per heavy atom. The van der Waals surface area contributed by atoms with Crippen molar-refractivity contribution >= 4 is 11.8 Å². The number of fused-ring (bicyclic) bond motifs is 5. The summed E-state index contributed by atoms with van der Waals surface area (Å²) >= 11 is 0. The number of allylic oxidation sites excluding steroid dienone is 2. The Kier molecular flexibility index (Phi) is 3.85. The summed E-state index contributed by atoms with van der Waals surface area (Å²) < 4.78 is 5.90. The van der Waals surface area contributed by atoms with Crippen molar-refractivity contribution in [3.8, 4) is 0 Å². The van der Waals surface area contributed by atoms with Gasteiger partial charge in [0.1, 0.15) is 5.60 Å². The first-order valence-corrected chi connectivity index (χ1v) is 10.2. The third-order valence-corrected chi connectivity index (χ3v) is 8.87. The third kappa shape index (κ3) is 2.25. The van der Waals surface area contributed by atoms with Gasteiger partial charge in [0.2, 0.25) is 0 Å². The molecule has 0 unspecified atom stereocenters. The molecule has 0 radical (unpaired) electrons. The van der Waals surface area contributed by atoms with Crippen LogP contribution in [0.25, 0.3) is 0 Å². The minimum absolute atomic E-state index is 0.0684. The molecule has 6 atom stereocenters. The van der Waals surface area contributed by atoms with E-state index in [4.69, 9.17) is 4.74 Å². The van der Waals surface area contributed by atoms with E-state index in [1.807, 2.05) is 6.08 Å².